The topological polar surface area (TPSA) is 80.4 Å². The number of aromatic nitrogens is 2. The monoisotopic (exact) mass is 428 g/mol. The zero-order valence-corrected chi connectivity index (χ0v) is 18.2. The standard InChI is InChI=1S/C25H24N4O3/c1-16-17(5-6-20-21(16)15-32-25(20)30)7-8-28-9-10-29-13-22(27-24(29)14-28)18-3-4-19(12-26)23(11-18)31-2/h3-6,11,13H,7-10,14-15H2,1-2H3. The van der Waals surface area contributed by atoms with Crippen LogP contribution in [0.15, 0.2) is 36.5 Å². The number of imidazole rings is 1. The Morgan fingerprint density at radius 1 is 1.25 bits per heavy atom. The van der Waals surface area contributed by atoms with Crippen LogP contribution in [0.3, 0.4) is 0 Å². The van der Waals surface area contributed by atoms with Crippen LogP contribution >= 0.6 is 0 Å². The lowest BCUT2D eigenvalue weighted by molar-refractivity contribution is 0.0535. The average Bonchev–Trinajstić information content (AvgIpc) is 3.41. The van der Waals surface area contributed by atoms with Crippen molar-refractivity contribution in [3.8, 4) is 23.1 Å². The van der Waals surface area contributed by atoms with Gasteiger partial charge in [0.25, 0.3) is 0 Å². The summed E-state index contributed by atoms with van der Waals surface area (Å²) in [4.78, 5) is 19.0. The summed E-state index contributed by atoms with van der Waals surface area (Å²) in [6.07, 6.45) is 3.00. The number of fused-ring (bicyclic) bond motifs is 2. The van der Waals surface area contributed by atoms with Crippen molar-refractivity contribution in [2.24, 2.45) is 0 Å². The lowest BCUT2D eigenvalue weighted by Gasteiger charge is -2.27. The molecule has 0 saturated carbocycles. The highest BCUT2D eigenvalue weighted by atomic mass is 16.5. The number of nitrogens with zero attached hydrogens (tertiary/aromatic N) is 4. The Hall–Kier alpha value is -3.63. The van der Waals surface area contributed by atoms with Crippen LogP contribution in [-0.2, 0) is 30.9 Å². The molecular weight excluding hydrogens is 404 g/mol. The number of carbonyl (C=O) groups excluding carboxylic acids is 1. The van der Waals surface area contributed by atoms with Gasteiger partial charge in [0.05, 0.1) is 30.5 Å². The molecule has 0 radical (unpaired) electrons. The van der Waals surface area contributed by atoms with E-state index in [4.69, 9.17) is 14.5 Å². The highest BCUT2D eigenvalue weighted by molar-refractivity contribution is 5.93. The lowest BCUT2D eigenvalue weighted by atomic mass is 9.96. The summed E-state index contributed by atoms with van der Waals surface area (Å²) in [5.74, 6) is 1.39. The summed E-state index contributed by atoms with van der Waals surface area (Å²) >= 11 is 0. The Kier molecular flexibility index (Phi) is 5.16. The number of rotatable bonds is 5. The van der Waals surface area contributed by atoms with Crippen LogP contribution in [0.4, 0.5) is 0 Å². The summed E-state index contributed by atoms with van der Waals surface area (Å²) in [6, 6.07) is 11.7. The summed E-state index contributed by atoms with van der Waals surface area (Å²) < 4.78 is 12.7. The summed E-state index contributed by atoms with van der Waals surface area (Å²) in [6.45, 7) is 6.04. The van der Waals surface area contributed by atoms with Crippen molar-refractivity contribution in [3.05, 3.63) is 70.2 Å². The molecule has 0 aliphatic carbocycles. The van der Waals surface area contributed by atoms with Gasteiger partial charge < -0.3 is 14.0 Å². The smallest absolute Gasteiger partial charge is 0.338 e. The van der Waals surface area contributed by atoms with Crippen molar-refractivity contribution in [1.29, 1.82) is 5.26 Å². The Balaban J connectivity index is 1.29. The van der Waals surface area contributed by atoms with Crippen molar-refractivity contribution in [3.63, 3.8) is 0 Å². The summed E-state index contributed by atoms with van der Waals surface area (Å²) in [5, 5.41) is 9.20. The molecule has 0 bridgehead atoms. The van der Waals surface area contributed by atoms with Crippen molar-refractivity contribution in [1.82, 2.24) is 14.5 Å². The molecule has 5 rings (SSSR count). The van der Waals surface area contributed by atoms with Gasteiger partial charge >= 0.3 is 5.97 Å². The molecule has 32 heavy (non-hydrogen) atoms. The summed E-state index contributed by atoms with van der Waals surface area (Å²) in [7, 11) is 1.57. The van der Waals surface area contributed by atoms with E-state index in [1.54, 1.807) is 13.2 Å². The molecule has 0 fully saturated rings. The van der Waals surface area contributed by atoms with Crippen LogP contribution in [-0.4, -0.2) is 40.6 Å². The second-order valence-electron chi connectivity index (χ2n) is 8.24. The maximum atomic E-state index is 11.8. The molecular formula is C25H24N4O3. The van der Waals surface area contributed by atoms with E-state index in [1.807, 2.05) is 18.2 Å². The minimum absolute atomic E-state index is 0.215. The van der Waals surface area contributed by atoms with Crippen LogP contribution < -0.4 is 4.74 Å². The Morgan fingerprint density at radius 2 is 2.12 bits per heavy atom. The molecule has 162 valence electrons. The second-order valence-corrected chi connectivity index (χ2v) is 8.24. The van der Waals surface area contributed by atoms with Crippen LogP contribution in [0.2, 0.25) is 0 Å². The molecule has 1 aromatic heterocycles. The Labute approximate surface area is 186 Å². The average molecular weight is 428 g/mol. The quantitative estimate of drug-likeness (QED) is 0.579. The molecule has 2 aliphatic rings. The number of hydrogen-bond donors (Lipinski definition) is 0. The lowest BCUT2D eigenvalue weighted by Crippen LogP contribution is -2.35. The van der Waals surface area contributed by atoms with E-state index in [0.29, 0.717) is 23.5 Å². The second kappa shape index (κ2) is 8.13. The first kappa shape index (κ1) is 20.3. The SMILES string of the molecule is COc1cc(-c2cn3c(n2)CN(CCc2ccc4c(c2C)COC4=O)CC3)ccc1C#N. The molecule has 0 unspecified atom stereocenters. The number of methoxy groups -OCH3 is 1. The zero-order valence-electron chi connectivity index (χ0n) is 18.2. The van der Waals surface area contributed by atoms with E-state index >= 15 is 0 Å². The fraction of sp³-hybridized carbons (Fsp3) is 0.320. The number of nitriles is 1. The molecule has 0 spiro atoms. The molecule has 7 heteroatoms. The van der Waals surface area contributed by atoms with Crippen LogP contribution in [0, 0.1) is 18.3 Å². The zero-order chi connectivity index (χ0) is 22.2. The first-order valence-electron chi connectivity index (χ1n) is 10.7. The predicted octanol–water partition coefficient (Wildman–Crippen LogP) is 3.47. The highest BCUT2D eigenvalue weighted by Gasteiger charge is 2.24. The minimum atomic E-state index is -0.215. The number of cyclic esters (lactones) is 1. The predicted molar refractivity (Wildman–Crippen MR) is 118 cm³/mol. The van der Waals surface area contributed by atoms with E-state index in [1.165, 1.54) is 11.1 Å². The van der Waals surface area contributed by atoms with Crippen molar-refractivity contribution < 1.29 is 14.3 Å². The molecule has 3 heterocycles. The maximum Gasteiger partial charge on any atom is 0.338 e. The van der Waals surface area contributed by atoms with Gasteiger partial charge in [-0.15, -0.1) is 0 Å². The van der Waals surface area contributed by atoms with Gasteiger partial charge in [0, 0.05) is 37.0 Å². The number of benzene rings is 2. The number of ether oxygens (including phenoxy) is 2. The third-order valence-electron chi connectivity index (χ3n) is 6.47. The van der Waals surface area contributed by atoms with Gasteiger partial charge in [-0.05, 0) is 42.7 Å². The fourth-order valence-corrected chi connectivity index (χ4v) is 4.52. The third-order valence-corrected chi connectivity index (χ3v) is 6.47. The van der Waals surface area contributed by atoms with Gasteiger partial charge in [-0.25, -0.2) is 9.78 Å². The van der Waals surface area contributed by atoms with E-state index in [2.05, 4.69) is 34.7 Å². The Bertz CT molecular complexity index is 1250. The molecule has 7 nitrogen and oxygen atoms in total. The van der Waals surface area contributed by atoms with Gasteiger partial charge in [-0.3, -0.25) is 4.90 Å². The highest BCUT2D eigenvalue weighted by Crippen LogP contribution is 2.29. The van der Waals surface area contributed by atoms with Gasteiger partial charge in [-0.2, -0.15) is 5.26 Å². The van der Waals surface area contributed by atoms with Crippen molar-refractivity contribution in [2.45, 2.75) is 33.0 Å². The number of carbonyl (C=O) groups is 1. The van der Waals surface area contributed by atoms with Gasteiger partial charge in [-0.1, -0.05) is 12.1 Å². The molecule has 0 amide bonds. The van der Waals surface area contributed by atoms with Crippen molar-refractivity contribution in [2.75, 3.05) is 20.2 Å². The first-order chi connectivity index (χ1) is 15.6. The van der Waals surface area contributed by atoms with E-state index in [-0.39, 0.29) is 5.97 Å². The molecule has 0 N–H and O–H groups in total. The van der Waals surface area contributed by atoms with Crippen LogP contribution in [0.5, 0.6) is 5.75 Å². The maximum absolute atomic E-state index is 11.8. The molecule has 3 aromatic rings. The third kappa shape index (κ3) is 3.53. The normalized spacial score (nSPS) is 15.1. The van der Waals surface area contributed by atoms with Gasteiger partial charge in [0.15, 0.2) is 0 Å². The summed E-state index contributed by atoms with van der Waals surface area (Å²) in [5.41, 5.74) is 6.53. The molecule has 2 aromatic carbocycles. The van der Waals surface area contributed by atoms with Crippen LogP contribution in [0.1, 0.15) is 38.4 Å². The molecule has 0 saturated heterocycles. The first-order valence-corrected chi connectivity index (χ1v) is 10.7. The molecule has 0 atom stereocenters. The number of hydrogen-bond acceptors (Lipinski definition) is 6. The van der Waals surface area contributed by atoms with Gasteiger partial charge in [0.2, 0.25) is 0 Å². The molecule has 2 aliphatic heterocycles. The minimum Gasteiger partial charge on any atom is -0.495 e. The fourth-order valence-electron chi connectivity index (χ4n) is 4.52. The largest absolute Gasteiger partial charge is 0.495 e. The Morgan fingerprint density at radius 3 is 2.94 bits per heavy atom. The number of esters is 1. The van der Waals surface area contributed by atoms with E-state index in [0.717, 1.165) is 55.2 Å². The van der Waals surface area contributed by atoms with E-state index in [9.17, 15) is 10.1 Å². The van der Waals surface area contributed by atoms with Crippen LogP contribution in [0.25, 0.3) is 11.3 Å². The van der Waals surface area contributed by atoms with Gasteiger partial charge in [0.1, 0.15) is 24.3 Å². The van der Waals surface area contributed by atoms with E-state index < -0.39 is 0 Å². The van der Waals surface area contributed by atoms with Crippen molar-refractivity contribution >= 4 is 5.97 Å².